The molecule has 0 spiro atoms. The van der Waals surface area contributed by atoms with Gasteiger partial charge in [-0.05, 0) is 0 Å². The van der Waals surface area contributed by atoms with Crippen molar-refractivity contribution in [2.24, 2.45) is 0 Å². The minimum atomic E-state index is 0.515. The highest BCUT2D eigenvalue weighted by molar-refractivity contribution is 9.10. The molecular formula is C9H6BrNO. The van der Waals surface area contributed by atoms with Gasteiger partial charge in [0.1, 0.15) is 0 Å². The van der Waals surface area contributed by atoms with Crippen LogP contribution in [0.25, 0.3) is 11.3 Å². The fourth-order valence-electron chi connectivity index (χ4n) is 0.989. The number of rotatable bonds is 1. The van der Waals surface area contributed by atoms with Crippen LogP contribution in [0.15, 0.2) is 45.7 Å². The van der Waals surface area contributed by atoms with Gasteiger partial charge in [0.05, 0.1) is 6.20 Å². The van der Waals surface area contributed by atoms with Crippen LogP contribution in [0, 0.1) is 0 Å². The summed E-state index contributed by atoms with van der Waals surface area (Å²) in [6, 6.07) is 9.85. The second-order valence-electron chi connectivity index (χ2n) is 2.34. The maximum absolute atomic E-state index is 5.28. The average Bonchev–Trinajstić information content (AvgIpc) is 2.54. The summed E-state index contributed by atoms with van der Waals surface area (Å²) in [5, 5.41) is 0. The highest BCUT2D eigenvalue weighted by atomic mass is 79.9. The molecule has 0 aliphatic heterocycles. The molecule has 0 radical (unpaired) electrons. The van der Waals surface area contributed by atoms with Gasteiger partial charge < -0.3 is 4.42 Å². The second-order valence-corrected chi connectivity index (χ2v) is 3.02. The van der Waals surface area contributed by atoms with E-state index in [0.29, 0.717) is 4.80 Å². The van der Waals surface area contributed by atoms with E-state index in [9.17, 15) is 0 Å². The highest BCUT2D eigenvalue weighted by Crippen LogP contribution is 2.21. The largest absolute Gasteiger partial charge is 0.431 e. The number of aromatic nitrogens is 1. The Kier molecular flexibility index (Phi) is 1.96. The lowest BCUT2D eigenvalue weighted by Gasteiger charge is -1.92. The Morgan fingerprint density at radius 3 is 2.50 bits per heavy atom. The fraction of sp³-hybridized carbons (Fsp3) is 0. The van der Waals surface area contributed by atoms with Crippen molar-refractivity contribution in [2.45, 2.75) is 0 Å². The molecule has 60 valence electrons. The summed E-state index contributed by atoms with van der Waals surface area (Å²) < 4.78 is 5.28. The molecule has 1 aromatic carbocycles. The van der Waals surface area contributed by atoms with Gasteiger partial charge in [-0.2, -0.15) is 0 Å². The Balaban J connectivity index is 2.45. The number of hydrogen-bond acceptors (Lipinski definition) is 2. The van der Waals surface area contributed by atoms with E-state index in [1.807, 2.05) is 30.3 Å². The second kappa shape index (κ2) is 3.11. The van der Waals surface area contributed by atoms with Gasteiger partial charge in [-0.3, -0.25) is 0 Å². The third-order valence-electron chi connectivity index (χ3n) is 1.54. The minimum absolute atomic E-state index is 0.515. The summed E-state index contributed by atoms with van der Waals surface area (Å²) >= 11 is 3.15. The predicted octanol–water partition coefficient (Wildman–Crippen LogP) is 3.10. The Hall–Kier alpha value is -1.09. The molecule has 0 N–H and O–H groups in total. The van der Waals surface area contributed by atoms with E-state index in [1.165, 1.54) is 0 Å². The first-order valence-corrected chi connectivity index (χ1v) is 4.32. The highest BCUT2D eigenvalue weighted by Gasteiger charge is 2.01. The van der Waals surface area contributed by atoms with Gasteiger partial charge in [0, 0.05) is 21.5 Å². The van der Waals surface area contributed by atoms with E-state index >= 15 is 0 Å². The number of nitrogens with zero attached hydrogens (tertiary/aromatic N) is 1. The third kappa shape index (κ3) is 1.41. The smallest absolute Gasteiger partial charge is 0.264 e. The normalized spacial score (nSPS) is 10.1. The number of halogens is 1. The van der Waals surface area contributed by atoms with Crippen molar-refractivity contribution in [2.75, 3.05) is 0 Å². The van der Waals surface area contributed by atoms with E-state index in [0.717, 1.165) is 11.3 Å². The zero-order valence-electron chi connectivity index (χ0n) is 6.20. The zero-order chi connectivity index (χ0) is 8.39. The molecule has 0 atom stereocenters. The Morgan fingerprint density at radius 1 is 1.17 bits per heavy atom. The first-order chi connectivity index (χ1) is 5.86. The van der Waals surface area contributed by atoms with Crippen molar-refractivity contribution in [3.63, 3.8) is 0 Å². The molecular weight excluding hydrogens is 218 g/mol. The van der Waals surface area contributed by atoms with Gasteiger partial charge in [0.2, 0.25) is 0 Å². The van der Waals surface area contributed by atoms with Crippen molar-refractivity contribution in [1.29, 1.82) is 0 Å². The molecule has 0 fully saturated rings. The van der Waals surface area contributed by atoms with Crippen LogP contribution in [0.5, 0.6) is 0 Å². The van der Waals surface area contributed by atoms with E-state index in [2.05, 4.69) is 20.9 Å². The third-order valence-corrected chi connectivity index (χ3v) is 1.90. The molecule has 0 unspecified atom stereocenters. The standard InChI is InChI=1S/C9H6BrNO/c10-9-11-6-8(12-9)7-4-2-1-3-5-7/h1-6H. The molecule has 2 nitrogen and oxygen atoms in total. The van der Waals surface area contributed by atoms with E-state index in [1.54, 1.807) is 6.20 Å². The summed E-state index contributed by atoms with van der Waals surface area (Å²) in [5.74, 6) is 0.780. The van der Waals surface area contributed by atoms with Crippen LogP contribution in [-0.2, 0) is 0 Å². The number of benzene rings is 1. The van der Waals surface area contributed by atoms with Crippen molar-refractivity contribution in [3.8, 4) is 11.3 Å². The summed E-state index contributed by atoms with van der Waals surface area (Å²) in [7, 11) is 0. The van der Waals surface area contributed by atoms with Crippen LogP contribution in [0.4, 0.5) is 0 Å². The van der Waals surface area contributed by atoms with Crippen LogP contribution < -0.4 is 0 Å². The molecule has 12 heavy (non-hydrogen) atoms. The topological polar surface area (TPSA) is 26.0 Å². The van der Waals surface area contributed by atoms with E-state index in [-0.39, 0.29) is 0 Å². The lowest BCUT2D eigenvalue weighted by Crippen LogP contribution is -1.69. The van der Waals surface area contributed by atoms with Crippen molar-refractivity contribution in [3.05, 3.63) is 41.3 Å². The summed E-state index contributed by atoms with van der Waals surface area (Å²) in [4.78, 5) is 4.46. The van der Waals surface area contributed by atoms with Gasteiger partial charge >= 0.3 is 0 Å². The van der Waals surface area contributed by atoms with Crippen molar-refractivity contribution >= 4 is 15.9 Å². The quantitative estimate of drug-likeness (QED) is 0.743. The Bertz CT molecular complexity index is 369. The van der Waals surface area contributed by atoms with Gasteiger partial charge in [0.25, 0.3) is 4.80 Å². The van der Waals surface area contributed by atoms with Crippen molar-refractivity contribution < 1.29 is 4.42 Å². The van der Waals surface area contributed by atoms with Gasteiger partial charge in [-0.25, -0.2) is 4.98 Å². The van der Waals surface area contributed by atoms with E-state index < -0.39 is 0 Å². The van der Waals surface area contributed by atoms with Crippen LogP contribution in [0.3, 0.4) is 0 Å². The average molecular weight is 224 g/mol. The van der Waals surface area contributed by atoms with Crippen LogP contribution >= 0.6 is 15.9 Å². The maximum atomic E-state index is 5.28. The van der Waals surface area contributed by atoms with Crippen LogP contribution in [-0.4, -0.2) is 4.98 Å². The molecule has 2 aromatic rings. The van der Waals surface area contributed by atoms with Gasteiger partial charge in [0.15, 0.2) is 5.76 Å². The number of hydrogen-bond donors (Lipinski definition) is 0. The lowest BCUT2D eigenvalue weighted by atomic mass is 10.2. The Morgan fingerprint density at radius 2 is 1.92 bits per heavy atom. The number of oxazole rings is 1. The molecule has 0 aliphatic rings. The molecule has 2 rings (SSSR count). The molecule has 0 saturated carbocycles. The molecule has 0 aliphatic carbocycles. The zero-order valence-corrected chi connectivity index (χ0v) is 7.78. The first-order valence-electron chi connectivity index (χ1n) is 3.53. The molecule has 3 heteroatoms. The molecule has 1 aromatic heterocycles. The SMILES string of the molecule is Brc1ncc(-c2ccccc2)o1. The maximum Gasteiger partial charge on any atom is 0.264 e. The molecule has 0 bridgehead atoms. The Labute approximate surface area is 78.4 Å². The predicted molar refractivity (Wildman–Crippen MR) is 49.6 cm³/mol. The van der Waals surface area contributed by atoms with Crippen LogP contribution in [0.1, 0.15) is 0 Å². The van der Waals surface area contributed by atoms with E-state index in [4.69, 9.17) is 4.42 Å². The summed E-state index contributed by atoms with van der Waals surface area (Å²) in [5.41, 5.74) is 1.04. The van der Waals surface area contributed by atoms with Gasteiger partial charge in [-0.15, -0.1) is 0 Å². The first kappa shape index (κ1) is 7.55. The van der Waals surface area contributed by atoms with Crippen LogP contribution in [0.2, 0.25) is 0 Å². The lowest BCUT2D eigenvalue weighted by molar-refractivity contribution is 0.542. The van der Waals surface area contributed by atoms with Crippen molar-refractivity contribution in [1.82, 2.24) is 4.98 Å². The monoisotopic (exact) mass is 223 g/mol. The van der Waals surface area contributed by atoms with Gasteiger partial charge in [-0.1, -0.05) is 30.3 Å². The summed E-state index contributed by atoms with van der Waals surface area (Å²) in [6.07, 6.45) is 1.69. The fourth-order valence-corrected chi connectivity index (χ4v) is 1.27. The molecule has 1 heterocycles. The summed E-state index contributed by atoms with van der Waals surface area (Å²) in [6.45, 7) is 0. The molecule has 0 amide bonds. The molecule has 0 saturated heterocycles. The minimum Gasteiger partial charge on any atom is -0.431 e.